The van der Waals surface area contributed by atoms with Crippen LogP contribution in [-0.2, 0) is 10.2 Å². The summed E-state index contributed by atoms with van der Waals surface area (Å²) in [5.74, 6) is 1.72. The van der Waals surface area contributed by atoms with E-state index in [9.17, 15) is 4.79 Å². The van der Waals surface area contributed by atoms with Gasteiger partial charge in [0.25, 0.3) is 0 Å². The zero-order valence-electron chi connectivity index (χ0n) is 19.9. The van der Waals surface area contributed by atoms with Gasteiger partial charge in [0.2, 0.25) is 11.9 Å². The molecule has 0 bridgehead atoms. The molecule has 0 radical (unpaired) electrons. The number of dihydropyridines is 1. The van der Waals surface area contributed by atoms with Gasteiger partial charge in [-0.1, -0.05) is 11.8 Å². The van der Waals surface area contributed by atoms with Crippen LogP contribution >= 0.6 is 23.1 Å². The number of allylic oxidation sites excluding steroid dienone is 1. The molecule has 0 spiro atoms. The summed E-state index contributed by atoms with van der Waals surface area (Å²) in [7, 11) is 0. The molecule has 10 nitrogen and oxygen atoms in total. The zero-order chi connectivity index (χ0) is 25.1. The maximum atomic E-state index is 12.9. The van der Waals surface area contributed by atoms with E-state index in [1.165, 1.54) is 16.8 Å². The number of aromatic nitrogens is 6. The van der Waals surface area contributed by atoms with E-state index in [2.05, 4.69) is 30.3 Å². The number of anilines is 1. The maximum absolute atomic E-state index is 12.9. The monoisotopic (exact) mass is 529 g/mol. The minimum atomic E-state index is -0.686. The van der Waals surface area contributed by atoms with Crippen LogP contribution in [-0.4, -0.2) is 61.3 Å². The highest BCUT2D eigenvalue weighted by Gasteiger charge is 2.69. The average Bonchev–Trinajstić information content (AvgIpc) is 3.48. The first kappa shape index (κ1) is 22.7. The Bertz CT molecular complexity index is 1570. The van der Waals surface area contributed by atoms with Gasteiger partial charge in [-0.2, -0.15) is 5.10 Å². The van der Waals surface area contributed by atoms with Crippen molar-refractivity contribution in [2.45, 2.75) is 23.5 Å². The van der Waals surface area contributed by atoms with Crippen LogP contribution < -0.4 is 10.6 Å². The number of ketones is 1. The number of rotatable bonds is 6. The molecule has 3 aliphatic rings. The molecule has 12 heteroatoms. The number of aliphatic imine (C=N–C) groups is 1. The number of nitrogens with two attached hydrogens (primary N) is 1. The van der Waals surface area contributed by atoms with Gasteiger partial charge < -0.3 is 10.6 Å². The predicted octanol–water partition coefficient (Wildman–Crippen LogP) is 2.78. The first-order chi connectivity index (χ1) is 18.1. The fourth-order valence-electron chi connectivity index (χ4n) is 5.56. The van der Waals surface area contributed by atoms with E-state index in [1.54, 1.807) is 53.0 Å². The zero-order valence-corrected chi connectivity index (χ0v) is 21.6. The number of carbonyl (C=O) groups is 1. The number of aryl methyl sites for hydroxylation is 1. The van der Waals surface area contributed by atoms with E-state index < -0.39 is 6.17 Å². The Morgan fingerprint density at radius 1 is 1.22 bits per heavy atom. The van der Waals surface area contributed by atoms with Gasteiger partial charge in [-0.15, -0.1) is 11.3 Å². The minimum absolute atomic E-state index is 0.0136. The highest BCUT2D eigenvalue weighted by molar-refractivity contribution is 8.04. The highest BCUT2D eigenvalue weighted by atomic mass is 32.2. The third-order valence-corrected chi connectivity index (χ3v) is 9.65. The fourth-order valence-corrected chi connectivity index (χ4v) is 7.53. The lowest BCUT2D eigenvalue weighted by molar-refractivity contribution is -0.118. The number of piperidine rings is 1. The molecular formula is C25H23N9OS2. The summed E-state index contributed by atoms with van der Waals surface area (Å²) < 4.78 is 1.55. The highest BCUT2D eigenvalue weighted by Crippen LogP contribution is 2.63. The van der Waals surface area contributed by atoms with Crippen molar-refractivity contribution in [3.05, 3.63) is 63.9 Å². The molecular weight excluding hydrogens is 506 g/mol. The van der Waals surface area contributed by atoms with Crippen molar-refractivity contribution in [1.29, 1.82) is 0 Å². The van der Waals surface area contributed by atoms with Crippen molar-refractivity contribution in [3.63, 3.8) is 0 Å². The second-order valence-corrected chi connectivity index (χ2v) is 11.5. The molecule has 2 fully saturated rings. The van der Waals surface area contributed by atoms with Gasteiger partial charge in [0.05, 0.1) is 11.1 Å². The summed E-state index contributed by atoms with van der Waals surface area (Å²) in [6, 6.07) is 5.56. The summed E-state index contributed by atoms with van der Waals surface area (Å²) in [5, 5.41) is 8.11. The Morgan fingerprint density at radius 2 is 2.08 bits per heavy atom. The minimum Gasteiger partial charge on any atom is -0.355 e. The molecule has 1 saturated heterocycles. The average molecular weight is 530 g/mol. The molecule has 2 N–H and O–H groups in total. The largest absolute Gasteiger partial charge is 0.355 e. The fraction of sp³-hybridized carbons (Fsp3) is 0.320. The molecule has 1 saturated carbocycles. The number of pyridine rings is 1. The summed E-state index contributed by atoms with van der Waals surface area (Å²) in [5.41, 5.74) is 8.61. The second-order valence-electron chi connectivity index (χ2n) is 9.53. The van der Waals surface area contributed by atoms with E-state index >= 15 is 0 Å². The van der Waals surface area contributed by atoms with Crippen molar-refractivity contribution in [3.8, 4) is 0 Å². The molecule has 2 aliphatic heterocycles. The van der Waals surface area contributed by atoms with Crippen LogP contribution in [0.1, 0.15) is 16.9 Å². The van der Waals surface area contributed by atoms with Crippen LogP contribution in [0.5, 0.6) is 0 Å². The van der Waals surface area contributed by atoms with Crippen LogP contribution in [0.25, 0.3) is 11.2 Å². The Balaban J connectivity index is 1.06. The normalized spacial score (nSPS) is 26.5. The first-order valence-corrected chi connectivity index (χ1v) is 13.7. The third-order valence-electron chi connectivity index (χ3n) is 7.50. The quantitative estimate of drug-likeness (QED) is 0.401. The smallest absolute Gasteiger partial charge is 0.216 e. The Labute approximate surface area is 220 Å². The SMILES string of the molecule is Cc1csc(C2(CN)[C@@H]3CN(c4cnc5nc(SC6=CC=NC(n7cccn7)C6=O)ccc5n4)C[C@@H]32)n1. The van der Waals surface area contributed by atoms with Crippen molar-refractivity contribution >= 4 is 52.1 Å². The summed E-state index contributed by atoms with van der Waals surface area (Å²) in [6.07, 6.45) is 7.81. The lowest BCUT2D eigenvalue weighted by Gasteiger charge is -2.25. The van der Waals surface area contributed by atoms with Gasteiger partial charge in [0.1, 0.15) is 21.4 Å². The van der Waals surface area contributed by atoms with Crippen LogP contribution in [0.15, 0.2) is 63.2 Å². The van der Waals surface area contributed by atoms with E-state index in [0.717, 1.165) is 30.1 Å². The molecule has 1 aliphatic carbocycles. The lowest BCUT2D eigenvalue weighted by atomic mass is 10.0. The molecule has 4 aromatic heterocycles. The van der Waals surface area contributed by atoms with E-state index in [1.807, 2.05) is 19.1 Å². The van der Waals surface area contributed by atoms with Crippen molar-refractivity contribution < 1.29 is 4.79 Å². The van der Waals surface area contributed by atoms with Gasteiger partial charge in [-0.25, -0.2) is 24.6 Å². The molecule has 2 unspecified atom stereocenters. The molecule has 7 rings (SSSR count). The molecule has 0 amide bonds. The standard InChI is InChI=1S/C25H23N9OS2/c1-14-12-36-24(30-14)25(13-26)15-10-33(11-16(15)25)19-9-28-22-17(31-19)3-4-20(32-22)37-18-5-7-27-23(21(18)35)34-8-2-6-29-34/h2-9,12,15-16,23H,10-11,13,26H2,1H3/t15-,16+,23?,25?. The van der Waals surface area contributed by atoms with Gasteiger partial charge in [-0.05, 0) is 43.0 Å². The molecule has 186 valence electrons. The predicted molar refractivity (Wildman–Crippen MR) is 143 cm³/mol. The molecule has 4 atom stereocenters. The number of nitrogens with zero attached hydrogens (tertiary/aromatic N) is 8. The first-order valence-electron chi connectivity index (χ1n) is 12.0. The molecule has 4 aromatic rings. The van der Waals surface area contributed by atoms with Crippen LogP contribution in [0.3, 0.4) is 0 Å². The van der Waals surface area contributed by atoms with Crippen molar-refractivity contribution in [2.24, 2.45) is 22.6 Å². The number of hydrogen-bond donors (Lipinski definition) is 1. The van der Waals surface area contributed by atoms with Crippen LogP contribution in [0, 0.1) is 18.8 Å². The number of thiazole rings is 1. The van der Waals surface area contributed by atoms with Gasteiger partial charge in [-0.3, -0.25) is 9.79 Å². The van der Waals surface area contributed by atoms with E-state index in [4.69, 9.17) is 15.7 Å². The third kappa shape index (κ3) is 3.62. The van der Waals surface area contributed by atoms with E-state index in [-0.39, 0.29) is 11.2 Å². The molecule has 6 heterocycles. The van der Waals surface area contributed by atoms with Gasteiger partial charge in [0.15, 0.2) is 5.65 Å². The lowest BCUT2D eigenvalue weighted by Crippen LogP contribution is -2.35. The maximum Gasteiger partial charge on any atom is 0.216 e. The molecule has 37 heavy (non-hydrogen) atoms. The number of hydrogen-bond acceptors (Lipinski definition) is 11. The molecule has 0 aromatic carbocycles. The number of Topliss-reactive ketones (excluding diaryl/α,β-unsaturated/α-hetero) is 1. The van der Waals surface area contributed by atoms with Gasteiger partial charge in [0, 0.05) is 54.7 Å². The summed E-state index contributed by atoms with van der Waals surface area (Å²) in [6.45, 7) is 4.46. The van der Waals surface area contributed by atoms with Crippen LogP contribution in [0.4, 0.5) is 5.82 Å². The summed E-state index contributed by atoms with van der Waals surface area (Å²) >= 11 is 3.03. The van der Waals surface area contributed by atoms with E-state index in [0.29, 0.717) is 34.0 Å². The number of carbonyl (C=O) groups excluding carboxylic acids is 1. The number of fused-ring (bicyclic) bond motifs is 2. The van der Waals surface area contributed by atoms with Gasteiger partial charge >= 0.3 is 0 Å². The Morgan fingerprint density at radius 3 is 2.81 bits per heavy atom. The van der Waals surface area contributed by atoms with Crippen LogP contribution in [0.2, 0.25) is 0 Å². The Hall–Kier alpha value is -3.48. The van der Waals surface area contributed by atoms with Crippen molar-refractivity contribution in [1.82, 2.24) is 29.7 Å². The second kappa shape index (κ2) is 8.54. The Kier molecular flexibility index (Phi) is 5.24. The summed E-state index contributed by atoms with van der Waals surface area (Å²) in [4.78, 5) is 38.9. The van der Waals surface area contributed by atoms with Crippen molar-refractivity contribution in [2.75, 3.05) is 24.5 Å². The number of thioether (sulfide) groups is 1. The topological polar surface area (TPSA) is 128 Å².